The first-order chi connectivity index (χ1) is 10.2. The molecule has 2 N–H and O–H groups in total. The zero-order chi connectivity index (χ0) is 14.7. The minimum Gasteiger partial charge on any atom is -0.336 e. The van der Waals surface area contributed by atoms with Crippen LogP contribution < -0.4 is 10.6 Å². The van der Waals surface area contributed by atoms with Crippen LogP contribution in [0.3, 0.4) is 0 Å². The van der Waals surface area contributed by atoms with Gasteiger partial charge in [0.15, 0.2) is 0 Å². The largest absolute Gasteiger partial charge is 0.336 e. The SMILES string of the molecule is Cc1cnc(C2CC2)n1CCNC(=O)NC1CCCCC1. The molecule has 0 radical (unpaired) electrons. The monoisotopic (exact) mass is 290 g/mol. The first kappa shape index (κ1) is 14.4. The van der Waals surface area contributed by atoms with E-state index in [0.717, 1.165) is 19.4 Å². The number of rotatable bonds is 5. The Balaban J connectivity index is 1.43. The second-order valence-electron chi connectivity index (χ2n) is 6.42. The number of amides is 2. The average molecular weight is 290 g/mol. The van der Waals surface area contributed by atoms with Gasteiger partial charge in [-0.25, -0.2) is 9.78 Å². The molecular weight excluding hydrogens is 264 g/mol. The van der Waals surface area contributed by atoms with Gasteiger partial charge in [0.1, 0.15) is 5.82 Å². The Bertz CT molecular complexity index is 486. The fourth-order valence-corrected chi connectivity index (χ4v) is 3.20. The molecule has 21 heavy (non-hydrogen) atoms. The van der Waals surface area contributed by atoms with Crippen LogP contribution in [-0.4, -0.2) is 28.2 Å². The predicted octanol–water partition coefficient (Wildman–Crippen LogP) is 2.70. The van der Waals surface area contributed by atoms with Gasteiger partial charge in [-0.3, -0.25) is 0 Å². The van der Waals surface area contributed by atoms with Gasteiger partial charge in [0, 0.05) is 36.9 Å². The van der Waals surface area contributed by atoms with Crippen LogP contribution in [0.25, 0.3) is 0 Å². The van der Waals surface area contributed by atoms with Crippen molar-refractivity contribution >= 4 is 6.03 Å². The summed E-state index contributed by atoms with van der Waals surface area (Å²) in [5, 5.41) is 6.07. The molecule has 0 atom stereocenters. The molecule has 2 aliphatic carbocycles. The van der Waals surface area contributed by atoms with Crippen molar-refractivity contribution in [3.05, 3.63) is 17.7 Å². The lowest BCUT2D eigenvalue weighted by Crippen LogP contribution is -2.43. The molecule has 1 aromatic heterocycles. The van der Waals surface area contributed by atoms with Crippen molar-refractivity contribution in [2.75, 3.05) is 6.54 Å². The molecule has 5 nitrogen and oxygen atoms in total. The Kier molecular flexibility index (Phi) is 4.46. The van der Waals surface area contributed by atoms with Crippen LogP contribution in [0, 0.1) is 6.92 Å². The second kappa shape index (κ2) is 6.50. The van der Waals surface area contributed by atoms with E-state index >= 15 is 0 Å². The van der Waals surface area contributed by atoms with Crippen molar-refractivity contribution in [2.45, 2.75) is 70.4 Å². The van der Waals surface area contributed by atoms with E-state index in [2.05, 4.69) is 27.1 Å². The molecule has 3 rings (SSSR count). The molecule has 5 heteroatoms. The van der Waals surface area contributed by atoms with Crippen molar-refractivity contribution in [1.82, 2.24) is 20.2 Å². The quantitative estimate of drug-likeness (QED) is 0.876. The van der Waals surface area contributed by atoms with E-state index in [9.17, 15) is 4.79 Å². The third-order valence-corrected chi connectivity index (χ3v) is 4.59. The molecule has 2 fully saturated rings. The predicted molar refractivity (Wildman–Crippen MR) is 82.3 cm³/mol. The van der Waals surface area contributed by atoms with Crippen LogP contribution in [0.5, 0.6) is 0 Å². The number of imidazole rings is 1. The zero-order valence-electron chi connectivity index (χ0n) is 12.9. The minimum atomic E-state index is -0.0207. The number of nitrogens with one attached hydrogen (secondary N) is 2. The minimum absolute atomic E-state index is 0.0207. The van der Waals surface area contributed by atoms with Crippen molar-refractivity contribution in [3.8, 4) is 0 Å². The number of carbonyl (C=O) groups is 1. The molecule has 2 amide bonds. The molecular formula is C16H26N4O. The highest BCUT2D eigenvalue weighted by Gasteiger charge is 2.28. The summed E-state index contributed by atoms with van der Waals surface area (Å²) in [6.07, 6.45) is 10.5. The molecule has 0 bridgehead atoms. The molecule has 0 aliphatic heterocycles. The maximum atomic E-state index is 11.9. The van der Waals surface area contributed by atoms with Gasteiger partial charge in [-0.15, -0.1) is 0 Å². The van der Waals surface area contributed by atoms with Crippen LogP contribution in [-0.2, 0) is 6.54 Å². The van der Waals surface area contributed by atoms with Crippen molar-refractivity contribution in [1.29, 1.82) is 0 Å². The van der Waals surface area contributed by atoms with Gasteiger partial charge in [0.2, 0.25) is 0 Å². The van der Waals surface area contributed by atoms with E-state index in [1.54, 1.807) is 0 Å². The summed E-state index contributed by atoms with van der Waals surface area (Å²) < 4.78 is 2.25. The number of hydrogen-bond acceptors (Lipinski definition) is 2. The van der Waals surface area contributed by atoms with E-state index in [0.29, 0.717) is 18.5 Å². The van der Waals surface area contributed by atoms with Crippen molar-refractivity contribution < 1.29 is 4.79 Å². The van der Waals surface area contributed by atoms with Gasteiger partial charge in [-0.1, -0.05) is 19.3 Å². The summed E-state index contributed by atoms with van der Waals surface area (Å²) in [5.74, 6) is 1.84. The van der Waals surface area contributed by atoms with Gasteiger partial charge in [0.05, 0.1) is 0 Å². The van der Waals surface area contributed by atoms with Crippen LogP contribution in [0.2, 0.25) is 0 Å². The normalized spacial score (nSPS) is 19.5. The van der Waals surface area contributed by atoms with Gasteiger partial charge >= 0.3 is 6.03 Å². The highest BCUT2D eigenvalue weighted by atomic mass is 16.2. The lowest BCUT2D eigenvalue weighted by atomic mass is 9.96. The van der Waals surface area contributed by atoms with Gasteiger partial charge in [-0.2, -0.15) is 0 Å². The van der Waals surface area contributed by atoms with Crippen LogP contribution in [0.4, 0.5) is 4.79 Å². The van der Waals surface area contributed by atoms with Gasteiger partial charge in [-0.05, 0) is 32.6 Å². The molecule has 0 unspecified atom stereocenters. The van der Waals surface area contributed by atoms with Crippen LogP contribution in [0.1, 0.15) is 62.4 Å². The number of urea groups is 1. The Morgan fingerprint density at radius 3 is 2.76 bits per heavy atom. The van der Waals surface area contributed by atoms with Crippen LogP contribution >= 0.6 is 0 Å². The highest BCUT2D eigenvalue weighted by molar-refractivity contribution is 5.74. The number of aromatic nitrogens is 2. The van der Waals surface area contributed by atoms with Crippen molar-refractivity contribution in [3.63, 3.8) is 0 Å². The summed E-state index contributed by atoms with van der Waals surface area (Å²) in [7, 11) is 0. The smallest absolute Gasteiger partial charge is 0.315 e. The Morgan fingerprint density at radius 2 is 2.05 bits per heavy atom. The second-order valence-corrected chi connectivity index (χ2v) is 6.42. The van der Waals surface area contributed by atoms with E-state index < -0.39 is 0 Å². The molecule has 2 aliphatic rings. The van der Waals surface area contributed by atoms with E-state index in [4.69, 9.17) is 0 Å². The zero-order valence-corrected chi connectivity index (χ0v) is 12.9. The lowest BCUT2D eigenvalue weighted by molar-refractivity contribution is 0.232. The molecule has 2 saturated carbocycles. The maximum Gasteiger partial charge on any atom is 0.315 e. The van der Waals surface area contributed by atoms with Crippen LogP contribution in [0.15, 0.2) is 6.20 Å². The third kappa shape index (κ3) is 3.77. The molecule has 0 saturated heterocycles. The number of nitrogens with zero attached hydrogens (tertiary/aromatic N) is 2. The Hall–Kier alpha value is -1.52. The summed E-state index contributed by atoms with van der Waals surface area (Å²) >= 11 is 0. The fraction of sp³-hybridized carbons (Fsp3) is 0.750. The summed E-state index contributed by atoms with van der Waals surface area (Å²) in [6, 6.07) is 0.350. The van der Waals surface area contributed by atoms with Gasteiger partial charge in [0.25, 0.3) is 0 Å². The first-order valence-corrected chi connectivity index (χ1v) is 8.30. The summed E-state index contributed by atoms with van der Waals surface area (Å²) in [5.41, 5.74) is 1.19. The van der Waals surface area contributed by atoms with E-state index in [-0.39, 0.29) is 6.03 Å². The summed E-state index contributed by atoms with van der Waals surface area (Å²) in [6.45, 7) is 3.56. The van der Waals surface area contributed by atoms with E-state index in [1.165, 1.54) is 43.6 Å². The highest BCUT2D eigenvalue weighted by Crippen LogP contribution is 2.39. The standard InChI is InChI=1S/C16H26N4O/c1-12-11-18-15(13-7-8-13)20(12)10-9-17-16(21)19-14-5-3-2-4-6-14/h11,13-14H,2-10H2,1H3,(H2,17,19,21). The molecule has 116 valence electrons. The van der Waals surface area contributed by atoms with Crippen molar-refractivity contribution in [2.24, 2.45) is 0 Å². The number of aryl methyl sites for hydroxylation is 1. The Morgan fingerprint density at radius 1 is 1.29 bits per heavy atom. The van der Waals surface area contributed by atoms with E-state index in [1.807, 2.05) is 6.20 Å². The van der Waals surface area contributed by atoms with Gasteiger partial charge < -0.3 is 15.2 Å². The first-order valence-electron chi connectivity index (χ1n) is 8.30. The number of hydrogen-bond donors (Lipinski definition) is 2. The molecule has 1 heterocycles. The fourth-order valence-electron chi connectivity index (χ4n) is 3.20. The molecule has 0 spiro atoms. The third-order valence-electron chi connectivity index (χ3n) is 4.59. The average Bonchev–Trinajstić information content (AvgIpc) is 3.26. The molecule has 0 aromatic carbocycles. The Labute approximate surface area is 126 Å². The number of carbonyl (C=O) groups excluding carboxylic acids is 1. The maximum absolute atomic E-state index is 11.9. The molecule has 1 aromatic rings. The lowest BCUT2D eigenvalue weighted by Gasteiger charge is -2.23. The topological polar surface area (TPSA) is 59.0 Å². The summed E-state index contributed by atoms with van der Waals surface area (Å²) in [4.78, 5) is 16.4.